The molecule has 0 unspecified atom stereocenters. The molecule has 0 saturated carbocycles. The van der Waals surface area contributed by atoms with Gasteiger partial charge in [-0.1, -0.05) is 48.5 Å². The normalized spacial score (nSPS) is 16.7. The molecule has 15 nitrogen and oxygen atoms in total. The number of H-pyrrole nitrogens is 2. The van der Waals surface area contributed by atoms with Crippen LogP contribution >= 0.6 is 0 Å². The molecule has 8 heterocycles. The molecule has 2 saturated heterocycles. The molecule has 15 heteroatoms. The molecule has 6 aromatic rings. The highest BCUT2D eigenvalue weighted by Crippen LogP contribution is 2.31. The summed E-state index contributed by atoms with van der Waals surface area (Å²) in [6, 6.07) is 22.6. The number of rotatable bonds is 5. The molecular formula is C44H46N8O7. The fourth-order valence-corrected chi connectivity index (χ4v) is 7.67. The Kier molecular flexibility index (Phi) is 11.8. The van der Waals surface area contributed by atoms with Gasteiger partial charge in [0.05, 0.1) is 22.2 Å². The first kappa shape index (κ1) is 39.4. The Bertz CT molecular complexity index is 2530. The van der Waals surface area contributed by atoms with E-state index in [1.165, 1.54) is 6.07 Å². The van der Waals surface area contributed by atoms with Crippen LogP contribution < -0.4 is 21.7 Å². The van der Waals surface area contributed by atoms with Gasteiger partial charge in [0.1, 0.15) is 11.4 Å². The van der Waals surface area contributed by atoms with E-state index in [4.69, 9.17) is 20.3 Å². The fourth-order valence-electron chi connectivity index (χ4n) is 7.67. The molecule has 0 atom stereocenters. The van der Waals surface area contributed by atoms with E-state index in [2.05, 4.69) is 35.9 Å². The van der Waals surface area contributed by atoms with Crippen LogP contribution in [0.3, 0.4) is 0 Å². The zero-order chi connectivity index (χ0) is 40.9. The molecule has 4 aromatic heterocycles. The van der Waals surface area contributed by atoms with Crippen molar-refractivity contribution < 1.29 is 33.8 Å². The smallest absolute Gasteiger partial charge is 0.354 e. The molecule has 10 rings (SSSR count). The largest absolute Gasteiger partial charge is 0.477 e. The molecule has 4 aliphatic rings. The number of benzene rings is 2. The topological polar surface area (TPSA) is 226 Å². The number of carboxylic acids is 1. The summed E-state index contributed by atoms with van der Waals surface area (Å²) in [6.45, 7) is 4.32. The number of carboxylic acid groups (broad SMARTS) is 1. The summed E-state index contributed by atoms with van der Waals surface area (Å²) in [4.78, 5) is 63.5. The predicted octanol–water partition coefficient (Wildman–Crippen LogP) is 4.76. The van der Waals surface area contributed by atoms with E-state index in [1.807, 2.05) is 48.5 Å². The molecule has 0 radical (unpaired) electrons. The van der Waals surface area contributed by atoms with Crippen LogP contribution in [0, 0.1) is 0 Å². The van der Waals surface area contributed by atoms with Crippen molar-refractivity contribution >= 4 is 45.5 Å². The quantitative estimate of drug-likeness (QED) is 0.127. The number of para-hydroxylation sites is 2. The van der Waals surface area contributed by atoms with Crippen LogP contribution in [-0.2, 0) is 22.3 Å². The van der Waals surface area contributed by atoms with Gasteiger partial charge in [0.15, 0.2) is 0 Å². The van der Waals surface area contributed by atoms with Crippen LogP contribution in [0.15, 0.2) is 72.8 Å². The van der Waals surface area contributed by atoms with Crippen LogP contribution in [0.1, 0.15) is 78.8 Å². The molecule has 3 amide bonds. The Balaban J connectivity index is 0.000000144. The number of amides is 3. The minimum atomic E-state index is -1.06. The molecule has 0 aliphatic carbocycles. The lowest BCUT2D eigenvalue weighted by atomic mass is 10.0. The third-order valence-corrected chi connectivity index (χ3v) is 10.9. The number of nitrogens with zero attached hydrogens (tertiary/aromatic N) is 2. The Morgan fingerprint density at radius 2 is 1.15 bits per heavy atom. The molecule has 0 spiro atoms. The number of carbonyl (C=O) groups excluding carboxylic acids is 3. The molecular weight excluding hydrogens is 753 g/mol. The van der Waals surface area contributed by atoms with Gasteiger partial charge in [0.25, 0.3) is 17.7 Å². The number of carbonyl (C=O) groups is 4. The first-order valence-corrected chi connectivity index (χ1v) is 20.0. The lowest BCUT2D eigenvalue weighted by molar-refractivity contribution is 0.0684. The van der Waals surface area contributed by atoms with Gasteiger partial charge in [-0.3, -0.25) is 14.4 Å². The summed E-state index contributed by atoms with van der Waals surface area (Å²) in [5.74, 6) is -1.38. The van der Waals surface area contributed by atoms with Crippen molar-refractivity contribution in [3.8, 4) is 22.5 Å². The standard InChI is InChI=1S/C22H22N4O3.C17H13N3O3.C5H11NO/c27-21-16-12-19(25-17(16)6-9-23-21)15-3-1-2-13-4-5-18(26-20(13)15)22(28)24-14-7-10-29-11-8-14;21-16-11-8-14(19-12(11)6-7-18-16)10-3-1-2-9-4-5-13(17(22)23)20-15(9)10;6-5-1-3-7-4-2-5/h1-5,12,14,25H,6-11H2,(H,23,27)(H,24,28);1-5,8,19H,6-7H2,(H,18,21)(H,22,23);5H,1-4,6H2. The van der Waals surface area contributed by atoms with Gasteiger partial charge < -0.3 is 46.2 Å². The van der Waals surface area contributed by atoms with Gasteiger partial charge >= 0.3 is 5.97 Å². The maximum atomic E-state index is 12.7. The van der Waals surface area contributed by atoms with Gasteiger partial charge in [0.2, 0.25) is 0 Å². The van der Waals surface area contributed by atoms with Crippen molar-refractivity contribution in [2.24, 2.45) is 5.73 Å². The van der Waals surface area contributed by atoms with E-state index in [9.17, 15) is 19.2 Å². The van der Waals surface area contributed by atoms with Gasteiger partial charge in [-0.05, 0) is 49.9 Å². The lowest BCUT2D eigenvalue weighted by Crippen LogP contribution is -2.39. The van der Waals surface area contributed by atoms with Crippen molar-refractivity contribution in [1.29, 1.82) is 0 Å². The van der Waals surface area contributed by atoms with Crippen LogP contribution in [0.5, 0.6) is 0 Å². The number of nitrogens with two attached hydrogens (primary N) is 1. The van der Waals surface area contributed by atoms with E-state index in [0.717, 1.165) is 102 Å². The van der Waals surface area contributed by atoms with Crippen LogP contribution in [0.25, 0.3) is 44.3 Å². The summed E-state index contributed by atoms with van der Waals surface area (Å²) < 4.78 is 10.4. The second-order valence-electron chi connectivity index (χ2n) is 14.9. The van der Waals surface area contributed by atoms with Crippen molar-refractivity contribution in [2.45, 2.75) is 50.6 Å². The lowest BCUT2D eigenvalue weighted by Gasteiger charge is -2.22. The Labute approximate surface area is 339 Å². The number of aromatic carboxylic acids is 1. The summed E-state index contributed by atoms with van der Waals surface area (Å²) in [7, 11) is 0. The van der Waals surface area contributed by atoms with Crippen LogP contribution in [0.2, 0.25) is 0 Å². The van der Waals surface area contributed by atoms with Gasteiger partial charge in [-0.15, -0.1) is 0 Å². The maximum Gasteiger partial charge on any atom is 0.354 e. The number of hydrogen-bond donors (Lipinski definition) is 7. The van der Waals surface area contributed by atoms with Crippen LogP contribution in [0.4, 0.5) is 0 Å². The summed E-state index contributed by atoms with van der Waals surface area (Å²) in [5, 5.41) is 19.7. The molecule has 2 fully saturated rings. The summed E-state index contributed by atoms with van der Waals surface area (Å²) >= 11 is 0. The Hall–Kier alpha value is -6.42. The number of pyridine rings is 2. The second kappa shape index (κ2) is 17.6. The number of fused-ring (bicyclic) bond motifs is 4. The Morgan fingerprint density at radius 3 is 1.63 bits per heavy atom. The SMILES string of the molecule is NC1CCOCC1.O=C(NC1CCOCC1)c1ccc2cccc(-c3cc4c([nH]3)CCNC4=O)c2n1.O=C(O)c1ccc2cccc(-c3cc4c([nH]3)CCNC4=O)c2n1. The molecule has 8 N–H and O–H groups in total. The number of nitrogens with one attached hydrogen (secondary N) is 5. The minimum Gasteiger partial charge on any atom is -0.477 e. The molecule has 2 aromatic carbocycles. The third kappa shape index (κ3) is 8.87. The van der Waals surface area contributed by atoms with Crippen LogP contribution in [-0.4, -0.2) is 100 Å². The summed E-state index contributed by atoms with van der Waals surface area (Å²) in [5.41, 5.74) is 13.7. The number of hydrogen-bond acceptors (Lipinski definition) is 9. The number of ether oxygens (including phenoxy) is 2. The molecule has 59 heavy (non-hydrogen) atoms. The van der Waals surface area contributed by atoms with Gasteiger partial charge in [-0.2, -0.15) is 0 Å². The van der Waals surface area contributed by atoms with E-state index in [0.29, 0.717) is 54.7 Å². The van der Waals surface area contributed by atoms with Crippen molar-refractivity contribution in [2.75, 3.05) is 39.5 Å². The molecule has 0 bridgehead atoms. The maximum absolute atomic E-state index is 12.7. The number of aromatic amines is 2. The highest BCUT2D eigenvalue weighted by Gasteiger charge is 2.23. The summed E-state index contributed by atoms with van der Waals surface area (Å²) in [6.07, 6.45) is 5.25. The van der Waals surface area contributed by atoms with Crippen molar-refractivity contribution in [3.05, 3.63) is 107 Å². The molecule has 304 valence electrons. The Morgan fingerprint density at radius 1 is 0.661 bits per heavy atom. The monoisotopic (exact) mass is 798 g/mol. The first-order chi connectivity index (χ1) is 28.7. The van der Waals surface area contributed by atoms with Crippen molar-refractivity contribution in [3.63, 3.8) is 0 Å². The number of aromatic nitrogens is 4. The highest BCUT2D eigenvalue weighted by atomic mass is 16.5. The van der Waals surface area contributed by atoms with E-state index < -0.39 is 5.97 Å². The third-order valence-electron chi connectivity index (χ3n) is 10.9. The molecule has 4 aliphatic heterocycles. The van der Waals surface area contributed by atoms with E-state index >= 15 is 0 Å². The van der Waals surface area contributed by atoms with Crippen molar-refractivity contribution in [1.82, 2.24) is 35.9 Å². The van der Waals surface area contributed by atoms with Gasteiger partial charge in [0, 0.05) is 109 Å². The fraction of sp³-hybridized carbons (Fsp3) is 0.318. The zero-order valence-electron chi connectivity index (χ0n) is 32.4. The van der Waals surface area contributed by atoms with Gasteiger partial charge in [-0.25, -0.2) is 14.8 Å². The minimum absolute atomic E-state index is 0.000914. The highest BCUT2D eigenvalue weighted by molar-refractivity contribution is 6.02. The average Bonchev–Trinajstić information content (AvgIpc) is 3.91. The van der Waals surface area contributed by atoms with E-state index in [-0.39, 0.29) is 29.5 Å². The second-order valence-corrected chi connectivity index (χ2v) is 14.9. The average molecular weight is 799 g/mol. The zero-order valence-corrected chi connectivity index (χ0v) is 32.4. The first-order valence-electron chi connectivity index (χ1n) is 20.0. The predicted molar refractivity (Wildman–Crippen MR) is 221 cm³/mol. The van der Waals surface area contributed by atoms with E-state index in [1.54, 1.807) is 18.2 Å².